The van der Waals surface area contributed by atoms with Gasteiger partial charge in [0.15, 0.2) is 0 Å². The summed E-state index contributed by atoms with van der Waals surface area (Å²) in [7, 11) is -4.04. The van der Waals surface area contributed by atoms with Crippen molar-refractivity contribution in [3.8, 4) is 0 Å². The van der Waals surface area contributed by atoms with E-state index in [1.165, 1.54) is 12.1 Å². The van der Waals surface area contributed by atoms with Gasteiger partial charge in [-0.05, 0) is 24.6 Å². The van der Waals surface area contributed by atoms with Crippen molar-refractivity contribution in [2.75, 3.05) is 19.7 Å². The molecule has 1 heterocycles. The maximum Gasteiger partial charge on any atom is 0.296 e. The van der Waals surface area contributed by atoms with Gasteiger partial charge in [0.1, 0.15) is 0 Å². The van der Waals surface area contributed by atoms with Crippen LogP contribution in [0.3, 0.4) is 0 Å². The lowest BCUT2D eigenvalue weighted by Crippen LogP contribution is -2.31. The van der Waals surface area contributed by atoms with E-state index in [2.05, 4.69) is 0 Å². The fraction of sp³-hybridized carbons (Fsp3) is 0.368. The minimum atomic E-state index is -4.04. The molecule has 0 aliphatic carbocycles. The van der Waals surface area contributed by atoms with Gasteiger partial charge in [-0.3, -0.25) is 9.08 Å². The molecule has 1 unspecified atom stereocenters. The van der Waals surface area contributed by atoms with Crippen LogP contribution in [-0.2, 0) is 20.8 Å². The van der Waals surface area contributed by atoms with Gasteiger partial charge in [0.2, 0.25) is 0 Å². The molecule has 0 saturated carbocycles. The van der Waals surface area contributed by atoms with Crippen molar-refractivity contribution >= 4 is 10.1 Å². The summed E-state index contributed by atoms with van der Waals surface area (Å²) < 4.78 is 57.9. The molecule has 1 aliphatic heterocycles. The van der Waals surface area contributed by atoms with Crippen LogP contribution in [0.2, 0.25) is 0 Å². The molecule has 2 aromatic rings. The molecular weight excluding hydrogens is 360 g/mol. The fourth-order valence-corrected chi connectivity index (χ4v) is 3.97. The Labute approximate surface area is 152 Å². The average molecular weight is 381 g/mol. The largest absolute Gasteiger partial charge is 0.296 e. The van der Waals surface area contributed by atoms with E-state index in [1.54, 1.807) is 17.0 Å². The molecule has 3 rings (SSSR count). The van der Waals surface area contributed by atoms with E-state index in [4.69, 9.17) is 4.18 Å². The molecule has 0 amide bonds. The third-order valence-electron chi connectivity index (χ3n) is 4.49. The van der Waals surface area contributed by atoms with Crippen LogP contribution in [0, 0.1) is 12.8 Å². The number of aryl methyl sites for hydroxylation is 1. The van der Waals surface area contributed by atoms with Gasteiger partial charge >= 0.3 is 0 Å². The van der Waals surface area contributed by atoms with Crippen LogP contribution in [-0.4, -0.2) is 38.9 Å². The van der Waals surface area contributed by atoms with Gasteiger partial charge in [0.05, 0.1) is 24.0 Å². The van der Waals surface area contributed by atoms with E-state index in [0.29, 0.717) is 6.54 Å². The van der Waals surface area contributed by atoms with Gasteiger partial charge in [-0.25, -0.2) is 8.78 Å². The predicted octanol–water partition coefficient (Wildman–Crippen LogP) is 3.47. The highest BCUT2D eigenvalue weighted by atomic mass is 32.2. The number of benzene rings is 2. The number of alkyl halides is 2. The Hall–Kier alpha value is -1.83. The standard InChI is InChI=1S/C19H21F2NO3S/c1-15-7-9-18(10-8-15)26(23,24)25-13-17-12-22(14-19(17,20)21)11-16-5-3-2-4-6-16/h2-10,17H,11-14H2,1H3. The zero-order chi connectivity index (χ0) is 18.8. The number of rotatable bonds is 6. The van der Waals surface area contributed by atoms with Crippen LogP contribution in [0.25, 0.3) is 0 Å². The number of halogens is 2. The Morgan fingerprint density at radius 1 is 1.12 bits per heavy atom. The summed E-state index contributed by atoms with van der Waals surface area (Å²) in [6, 6.07) is 15.5. The SMILES string of the molecule is Cc1ccc(S(=O)(=O)OCC2CN(Cc3ccccc3)CC2(F)F)cc1. The van der Waals surface area contributed by atoms with Crippen LogP contribution >= 0.6 is 0 Å². The number of nitrogens with zero attached hydrogens (tertiary/aromatic N) is 1. The van der Waals surface area contributed by atoms with Crippen molar-refractivity contribution in [1.29, 1.82) is 0 Å². The normalized spacial score (nSPS) is 20.3. The quantitative estimate of drug-likeness (QED) is 0.719. The van der Waals surface area contributed by atoms with E-state index in [1.807, 2.05) is 37.3 Å². The molecule has 0 N–H and O–H groups in total. The third kappa shape index (κ3) is 4.47. The molecule has 0 bridgehead atoms. The molecule has 26 heavy (non-hydrogen) atoms. The van der Waals surface area contributed by atoms with Crippen molar-refractivity contribution in [2.24, 2.45) is 5.92 Å². The van der Waals surface area contributed by atoms with Crippen LogP contribution in [0.5, 0.6) is 0 Å². The summed E-state index contributed by atoms with van der Waals surface area (Å²) in [5.74, 6) is -4.15. The van der Waals surface area contributed by atoms with E-state index in [-0.39, 0.29) is 11.4 Å². The summed E-state index contributed by atoms with van der Waals surface area (Å²) in [5.41, 5.74) is 1.85. The maximum absolute atomic E-state index is 14.3. The molecule has 0 spiro atoms. The van der Waals surface area contributed by atoms with Crippen molar-refractivity contribution in [3.05, 3.63) is 65.7 Å². The maximum atomic E-state index is 14.3. The molecule has 140 valence electrons. The average Bonchev–Trinajstić information content (AvgIpc) is 2.88. The highest BCUT2D eigenvalue weighted by molar-refractivity contribution is 7.86. The lowest BCUT2D eigenvalue weighted by molar-refractivity contribution is -0.0393. The first kappa shape index (κ1) is 18.9. The molecule has 0 aromatic heterocycles. The minimum absolute atomic E-state index is 0.0226. The van der Waals surface area contributed by atoms with Gasteiger partial charge < -0.3 is 0 Å². The summed E-state index contributed by atoms with van der Waals surface area (Å²) >= 11 is 0. The Morgan fingerprint density at radius 3 is 2.42 bits per heavy atom. The van der Waals surface area contributed by atoms with E-state index >= 15 is 0 Å². The smallest absolute Gasteiger partial charge is 0.293 e. The topological polar surface area (TPSA) is 46.6 Å². The summed E-state index contributed by atoms with van der Waals surface area (Å²) in [5, 5.41) is 0. The molecule has 1 saturated heterocycles. The third-order valence-corrected chi connectivity index (χ3v) is 5.79. The highest BCUT2D eigenvalue weighted by Gasteiger charge is 2.48. The summed E-state index contributed by atoms with van der Waals surface area (Å²) in [4.78, 5) is 1.60. The van der Waals surface area contributed by atoms with Gasteiger partial charge in [-0.15, -0.1) is 0 Å². The minimum Gasteiger partial charge on any atom is -0.293 e. The molecule has 1 aliphatic rings. The first-order valence-corrected chi connectivity index (χ1v) is 9.77. The van der Waals surface area contributed by atoms with Gasteiger partial charge in [-0.2, -0.15) is 8.42 Å². The second kappa shape index (κ2) is 7.42. The molecular formula is C19H21F2NO3S. The molecule has 1 fully saturated rings. The first-order valence-electron chi connectivity index (χ1n) is 8.36. The zero-order valence-corrected chi connectivity index (χ0v) is 15.3. The van der Waals surface area contributed by atoms with Crippen LogP contribution < -0.4 is 0 Å². The van der Waals surface area contributed by atoms with Gasteiger partial charge in [0.25, 0.3) is 16.0 Å². The Bertz CT molecular complexity index is 839. The number of hydrogen-bond acceptors (Lipinski definition) is 4. The molecule has 0 radical (unpaired) electrons. The van der Waals surface area contributed by atoms with E-state index in [9.17, 15) is 17.2 Å². The number of hydrogen-bond donors (Lipinski definition) is 0. The molecule has 2 aromatic carbocycles. The van der Waals surface area contributed by atoms with Crippen molar-refractivity contribution in [3.63, 3.8) is 0 Å². The van der Waals surface area contributed by atoms with Crippen LogP contribution in [0.4, 0.5) is 8.78 Å². The Kier molecular flexibility index (Phi) is 5.41. The number of likely N-dealkylation sites (tertiary alicyclic amines) is 1. The Balaban J connectivity index is 1.63. The predicted molar refractivity (Wildman–Crippen MR) is 94.5 cm³/mol. The lowest BCUT2D eigenvalue weighted by Gasteiger charge is -2.17. The highest BCUT2D eigenvalue weighted by Crippen LogP contribution is 2.34. The van der Waals surface area contributed by atoms with E-state index in [0.717, 1.165) is 11.1 Å². The van der Waals surface area contributed by atoms with Crippen LogP contribution in [0.15, 0.2) is 59.5 Å². The zero-order valence-electron chi connectivity index (χ0n) is 14.4. The monoisotopic (exact) mass is 381 g/mol. The second-order valence-corrected chi connectivity index (χ2v) is 8.28. The first-order chi connectivity index (χ1) is 12.3. The summed E-state index contributed by atoms with van der Waals surface area (Å²) in [6.45, 7) is 1.38. The van der Waals surface area contributed by atoms with Crippen molar-refractivity contribution in [1.82, 2.24) is 4.90 Å². The Morgan fingerprint density at radius 2 is 1.77 bits per heavy atom. The second-order valence-electron chi connectivity index (χ2n) is 6.66. The molecule has 1 atom stereocenters. The van der Waals surface area contributed by atoms with Gasteiger partial charge in [0, 0.05) is 13.1 Å². The molecule has 4 nitrogen and oxygen atoms in total. The van der Waals surface area contributed by atoms with Crippen molar-refractivity contribution in [2.45, 2.75) is 24.3 Å². The molecule has 7 heteroatoms. The fourth-order valence-electron chi connectivity index (χ4n) is 3.02. The summed E-state index contributed by atoms with van der Waals surface area (Å²) in [6.07, 6.45) is 0. The lowest BCUT2D eigenvalue weighted by atomic mass is 10.1. The van der Waals surface area contributed by atoms with E-state index < -0.39 is 35.1 Å². The van der Waals surface area contributed by atoms with Crippen molar-refractivity contribution < 1.29 is 21.4 Å². The van der Waals surface area contributed by atoms with Gasteiger partial charge in [-0.1, -0.05) is 48.0 Å². The van der Waals surface area contributed by atoms with Crippen LogP contribution in [0.1, 0.15) is 11.1 Å².